The van der Waals surface area contributed by atoms with E-state index in [1.54, 1.807) is 14.0 Å². The molecule has 0 rings (SSSR count). The lowest BCUT2D eigenvalue weighted by molar-refractivity contribution is -0.128. The van der Waals surface area contributed by atoms with Crippen molar-refractivity contribution in [3.63, 3.8) is 0 Å². The van der Waals surface area contributed by atoms with Gasteiger partial charge >= 0.3 is 0 Å². The molecule has 0 aliphatic carbocycles. The number of likely N-dealkylation sites (N-methyl/N-ethyl adjacent to an activating group) is 1. The van der Waals surface area contributed by atoms with Crippen molar-refractivity contribution in [2.45, 2.75) is 90.5 Å². The molecule has 1 amide bonds. The number of hydrogen-bond donors (Lipinski definition) is 3. The first-order valence-electron chi connectivity index (χ1n) is 11.1. The van der Waals surface area contributed by atoms with Gasteiger partial charge in [-0.15, -0.1) is 0 Å². The third kappa shape index (κ3) is 13.8. The summed E-state index contributed by atoms with van der Waals surface area (Å²) in [4.78, 5) is 36.2. The maximum Gasteiger partial charge on any atom is 0.219 e. The van der Waals surface area contributed by atoms with Gasteiger partial charge in [-0.2, -0.15) is 0 Å². The summed E-state index contributed by atoms with van der Waals surface area (Å²) >= 11 is 0. The van der Waals surface area contributed by atoms with Gasteiger partial charge in [-0.1, -0.05) is 26.2 Å². The van der Waals surface area contributed by atoms with E-state index in [4.69, 9.17) is 0 Å². The highest BCUT2D eigenvalue weighted by molar-refractivity contribution is 5.89. The summed E-state index contributed by atoms with van der Waals surface area (Å²) in [5, 5.41) is 9.15. The number of carbonyl (C=O) groups excluding carboxylic acids is 3. The van der Waals surface area contributed by atoms with Crippen molar-refractivity contribution in [1.82, 2.24) is 16.0 Å². The zero-order valence-electron chi connectivity index (χ0n) is 18.6. The van der Waals surface area contributed by atoms with E-state index in [0.717, 1.165) is 64.3 Å². The van der Waals surface area contributed by atoms with Crippen LogP contribution in [-0.2, 0) is 14.4 Å². The minimum Gasteiger partial charge on any atom is -0.356 e. The number of unbranched alkanes of at least 4 members (excludes halogenated alkanes) is 4. The molecule has 0 saturated carbocycles. The van der Waals surface area contributed by atoms with Gasteiger partial charge in [0.25, 0.3) is 0 Å². The van der Waals surface area contributed by atoms with Gasteiger partial charge < -0.3 is 16.0 Å². The number of rotatable bonds is 19. The van der Waals surface area contributed by atoms with E-state index in [9.17, 15) is 14.4 Å². The molecule has 0 aromatic carbocycles. The molecule has 164 valence electrons. The van der Waals surface area contributed by atoms with Crippen LogP contribution in [0.3, 0.4) is 0 Å². The fourth-order valence-electron chi connectivity index (χ4n) is 3.32. The molecule has 2 unspecified atom stereocenters. The average Bonchev–Trinajstić information content (AvgIpc) is 2.66. The van der Waals surface area contributed by atoms with Gasteiger partial charge in [-0.3, -0.25) is 14.4 Å². The standard InChI is InChI=1S/C22H43N3O3/c1-5-6-7-14-22(28)25-16-11-9-13-20(24-4)21(27)17-19(18(2)26)12-8-10-15-23-3/h19-20,23-24H,5-17H2,1-4H3,(H,25,28). The first-order valence-corrected chi connectivity index (χ1v) is 11.1. The molecule has 6 heteroatoms. The smallest absolute Gasteiger partial charge is 0.219 e. The Balaban J connectivity index is 4.12. The summed E-state index contributed by atoms with van der Waals surface area (Å²) < 4.78 is 0. The summed E-state index contributed by atoms with van der Waals surface area (Å²) in [5.74, 6) is 0.193. The van der Waals surface area contributed by atoms with Crippen molar-refractivity contribution in [2.24, 2.45) is 5.92 Å². The highest BCUT2D eigenvalue weighted by Crippen LogP contribution is 2.17. The van der Waals surface area contributed by atoms with Crippen LogP contribution in [-0.4, -0.2) is 50.7 Å². The van der Waals surface area contributed by atoms with E-state index in [0.29, 0.717) is 19.4 Å². The summed E-state index contributed by atoms with van der Waals surface area (Å²) in [7, 11) is 3.72. The third-order valence-electron chi connectivity index (χ3n) is 5.24. The highest BCUT2D eigenvalue weighted by atomic mass is 16.1. The second kappa shape index (κ2) is 17.8. The van der Waals surface area contributed by atoms with Crippen molar-refractivity contribution >= 4 is 17.5 Å². The van der Waals surface area contributed by atoms with Gasteiger partial charge in [0.15, 0.2) is 0 Å². The van der Waals surface area contributed by atoms with Crippen LogP contribution >= 0.6 is 0 Å². The molecule has 0 bridgehead atoms. The number of Topliss-reactive ketones (excluding diaryl/α,β-unsaturated/α-hetero) is 2. The van der Waals surface area contributed by atoms with Crippen LogP contribution in [0.2, 0.25) is 0 Å². The summed E-state index contributed by atoms with van der Waals surface area (Å²) in [6.45, 7) is 5.32. The molecule has 0 heterocycles. The molecule has 0 fully saturated rings. The molecule has 6 nitrogen and oxygen atoms in total. The quantitative estimate of drug-likeness (QED) is 0.292. The lowest BCUT2D eigenvalue weighted by Gasteiger charge is -2.19. The van der Waals surface area contributed by atoms with Gasteiger partial charge in [0.2, 0.25) is 5.91 Å². The topological polar surface area (TPSA) is 87.3 Å². The Bertz CT molecular complexity index is 441. The zero-order valence-corrected chi connectivity index (χ0v) is 18.6. The summed E-state index contributed by atoms with van der Waals surface area (Å²) in [6, 6.07) is -0.209. The first-order chi connectivity index (χ1) is 13.5. The fraction of sp³-hybridized carbons (Fsp3) is 0.864. The monoisotopic (exact) mass is 397 g/mol. The molecule has 0 spiro atoms. The molecular formula is C22H43N3O3. The molecule has 28 heavy (non-hydrogen) atoms. The number of carbonyl (C=O) groups is 3. The molecule has 0 aliphatic heterocycles. The maximum absolute atomic E-state index is 12.6. The SMILES string of the molecule is CCCCCC(=O)NCCCCC(NC)C(=O)CC(CCCCNC)C(C)=O. The van der Waals surface area contributed by atoms with Crippen molar-refractivity contribution in [1.29, 1.82) is 0 Å². The Morgan fingerprint density at radius 3 is 2.14 bits per heavy atom. The summed E-state index contributed by atoms with van der Waals surface area (Å²) in [5.41, 5.74) is 0. The Kier molecular flexibility index (Phi) is 17.0. The Hall–Kier alpha value is -1.27. The van der Waals surface area contributed by atoms with Crippen LogP contribution in [0, 0.1) is 5.92 Å². The van der Waals surface area contributed by atoms with Crippen LogP contribution in [0.15, 0.2) is 0 Å². The van der Waals surface area contributed by atoms with Gasteiger partial charge in [0.05, 0.1) is 6.04 Å². The minimum absolute atomic E-state index is 0.110. The highest BCUT2D eigenvalue weighted by Gasteiger charge is 2.23. The normalized spacial score (nSPS) is 13.1. The van der Waals surface area contributed by atoms with Gasteiger partial charge in [0.1, 0.15) is 11.6 Å². The van der Waals surface area contributed by atoms with Gasteiger partial charge in [-0.05, 0) is 66.1 Å². The van der Waals surface area contributed by atoms with Crippen LogP contribution < -0.4 is 16.0 Å². The van der Waals surface area contributed by atoms with E-state index >= 15 is 0 Å². The average molecular weight is 398 g/mol. The number of amides is 1. The van der Waals surface area contributed by atoms with Crippen molar-refractivity contribution in [3.8, 4) is 0 Å². The molecule has 0 aromatic rings. The number of hydrogen-bond acceptors (Lipinski definition) is 5. The predicted octanol–water partition coefficient (Wildman–Crippen LogP) is 3.00. The van der Waals surface area contributed by atoms with Crippen molar-refractivity contribution < 1.29 is 14.4 Å². The van der Waals surface area contributed by atoms with Crippen LogP contribution in [0.5, 0.6) is 0 Å². The molecule has 0 saturated heterocycles. The maximum atomic E-state index is 12.6. The molecule has 0 aliphatic rings. The molecule has 2 atom stereocenters. The number of ketones is 2. The Labute approximate surface area is 172 Å². The third-order valence-corrected chi connectivity index (χ3v) is 5.24. The molecule has 3 N–H and O–H groups in total. The van der Waals surface area contributed by atoms with Gasteiger partial charge in [0, 0.05) is 25.3 Å². The van der Waals surface area contributed by atoms with Gasteiger partial charge in [-0.25, -0.2) is 0 Å². The van der Waals surface area contributed by atoms with Crippen LogP contribution in [0.1, 0.15) is 84.5 Å². The molecule has 0 aromatic heterocycles. The molecular weight excluding hydrogens is 354 g/mol. The largest absolute Gasteiger partial charge is 0.356 e. The van der Waals surface area contributed by atoms with E-state index in [1.807, 2.05) is 7.05 Å². The zero-order chi connectivity index (χ0) is 21.2. The van der Waals surface area contributed by atoms with Crippen LogP contribution in [0.25, 0.3) is 0 Å². The lowest BCUT2D eigenvalue weighted by Crippen LogP contribution is -2.36. The van der Waals surface area contributed by atoms with Crippen molar-refractivity contribution in [2.75, 3.05) is 27.2 Å². The Morgan fingerprint density at radius 2 is 1.54 bits per heavy atom. The minimum atomic E-state index is -0.209. The fourth-order valence-corrected chi connectivity index (χ4v) is 3.32. The molecule has 0 radical (unpaired) electrons. The predicted molar refractivity (Wildman–Crippen MR) is 115 cm³/mol. The second-order valence-electron chi connectivity index (χ2n) is 7.72. The summed E-state index contributed by atoms with van der Waals surface area (Å²) in [6.07, 6.45) is 9.34. The van der Waals surface area contributed by atoms with E-state index in [2.05, 4.69) is 22.9 Å². The van der Waals surface area contributed by atoms with E-state index in [1.165, 1.54) is 0 Å². The van der Waals surface area contributed by atoms with Crippen molar-refractivity contribution in [3.05, 3.63) is 0 Å². The Morgan fingerprint density at radius 1 is 0.857 bits per heavy atom. The first kappa shape index (κ1) is 26.7. The van der Waals surface area contributed by atoms with E-state index < -0.39 is 0 Å². The van der Waals surface area contributed by atoms with Crippen LogP contribution in [0.4, 0.5) is 0 Å². The lowest BCUT2D eigenvalue weighted by atomic mass is 9.89. The van der Waals surface area contributed by atoms with E-state index in [-0.39, 0.29) is 29.4 Å². The number of nitrogens with one attached hydrogen (secondary N) is 3. The second-order valence-corrected chi connectivity index (χ2v) is 7.72.